The topological polar surface area (TPSA) is 172 Å². The van der Waals surface area contributed by atoms with Crippen molar-refractivity contribution in [2.45, 2.75) is 87.8 Å². The summed E-state index contributed by atoms with van der Waals surface area (Å²) in [5.74, 6) is 0.813. The number of aliphatic hydroxyl groups is 1. The van der Waals surface area contributed by atoms with E-state index in [1.165, 1.54) is 0 Å². The van der Waals surface area contributed by atoms with E-state index in [1.54, 1.807) is 10.7 Å². The number of fused-ring (bicyclic) bond motifs is 4. The van der Waals surface area contributed by atoms with Crippen LogP contribution in [0.25, 0.3) is 16.8 Å². The zero-order valence-corrected chi connectivity index (χ0v) is 21.8. The van der Waals surface area contributed by atoms with Gasteiger partial charge in [-0.25, -0.2) is 9.98 Å². The van der Waals surface area contributed by atoms with E-state index >= 15 is 0 Å². The maximum atomic E-state index is 13.0. The normalized spacial score (nSPS) is 26.6. The van der Waals surface area contributed by atoms with Crippen molar-refractivity contribution < 1.29 is 9.90 Å². The molecule has 3 aromatic rings. The zero-order chi connectivity index (χ0) is 26.8. The monoisotopic (exact) mass is 527 g/mol. The second kappa shape index (κ2) is 9.11. The lowest BCUT2D eigenvalue weighted by atomic mass is 9.85. The summed E-state index contributed by atoms with van der Waals surface area (Å²) in [5.41, 5.74) is 19.2. The molecule has 202 valence electrons. The van der Waals surface area contributed by atoms with Crippen molar-refractivity contribution in [3.05, 3.63) is 41.0 Å². The van der Waals surface area contributed by atoms with Crippen LogP contribution in [0, 0.1) is 5.41 Å². The highest BCUT2D eigenvalue weighted by molar-refractivity contribution is 6.38. The van der Waals surface area contributed by atoms with Gasteiger partial charge < -0.3 is 21.5 Å². The molecule has 3 fully saturated rings. The standard InChI is InChI=1S/C28H33N9O2/c29-13-33-25(30)28(39)36-18-6-7-19(36)10-16(9-18)24-22(14-4-5-14)26(31)37-27(35-24)20(12-34-37)17-8-15-2-1-3-21(38)23(15)32-11-17/h8,11-14,16,18-19,21,38H,1-7,9-10,31H2,(H3,29,30,33). The Balaban J connectivity index is 1.28. The van der Waals surface area contributed by atoms with Crippen molar-refractivity contribution in [3.8, 4) is 11.1 Å². The smallest absolute Gasteiger partial charge is 0.289 e. The Hall–Kier alpha value is -3.86. The minimum Gasteiger partial charge on any atom is -0.387 e. The highest BCUT2D eigenvalue weighted by atomic mass is 16.3. The molecule has 39 heavy (non-hydrogen) atoms. The number of anilines is 1. The fraction of sp³-hybridized carbons (Fsp3) is 0.500. The number of aliphatic imine (C=N–C) groups is 1. The molecule has 2 bridgehead atoms. The molecule has 0 spiro atoms. The van der Waals surface area contributed by atoms with E-state index in [-0.39, 0.29) is 29.7 Å². The number of piperidine rings is 1. The first-order chi connectivity index (χ1) is 18.9. The average Bonchev–Trinajstić information content (AvgIpc) is 3.62. The third-order valence-electron chi connectivity index (χ3n) is 9.06. The average molecular weight is 528 g/mol. The van der Waals surface area contributed by atoms with Gasteiger partial charge in [-0.3, -0.25) is 15.2 Å². The first-order valence-corrected chi connectivity index (χ1v) is 13.9. The van der Waals surface area contributed by atoms with E-state index in [2.05, 4.69) is 21.1 Å². The Morgan fingerprint density at radius 1 is 1.10 bits per heavy atom. The number of nitrogens with zero attached hydrogens (tertiary/aromatic N) is 6. The van der Waals surface area contributed by atoms with Crippen LogP contribution in [0.5, 0.6) is 0 Å². The van der Waals surface area contributed by atoms with Gasteiger partial charge >= 0.3 is 0 Å². The molecule has 7 rings (SSSR count). The number of hydrogen-bond donors (Lipinski definition) is 4. The highest BCUT2D eigenvalue weighted by Gasteiger charge is 2.46. The molecule has 3 atom stereocenters. The van der Waals surface area contributed by atoms with Crippen LogP contribution < -0.4 is 11.5 Å². The molecule has 0 aromatic carbocycles. The molecule has 11 nitrogen and oxygen atoms in total. The van der Waals surface area contributed by atoms with Crippen molar-refractivity contribution in [2.24, 2.45) is 10.7 Å². The van der Waals surface area contributed by atoms with Crippen molar-refractivity contribution in [1.29, 1.82) is 5.41 Å². The van der Waals surface area contributed by atoms with Gasteiger partial charge in [0.15, 0.2) is 11.5 Å². The van der Waals surface area contributed by atoms with Crippen molar-refractivity contribution in [2.75, 3.05) is 5.73 Å². The van der Waals surface area contributed by atoms with Crippen LogP contribution in [-0.4, -0.2) is 59.8 Å². The lowest BCUT2D eigenvalue weighted by Gasteiger charge is -2.39. The van der Waals surface area contributed by atoms with Crippen LogP contribution in [0.4, 0.5) is 5.82 Å². The predicted molar refractivity (Wildman–Crippen MR) is 147 cm³/mol. The predicted octanol–water partition coefficient (Wildman–Crippen LogP) is 2.82. The van der Waals surface area contributed by atoms with Crippen molar-refractivity contribution in [1.82, 2.24) is 24.5 Å². The van der Waals surface area contributed by atoms with Crippen LogP contribution in [0.2, 0.25) is 0 Å². The fourth-order valence-corrected chi connectivity index (χ4v) is 7.13. The number of rotatable bonds is 4. The number of carbonyl (C=O) groups is 1. The Morgan fingerprint density at radius 3 is 2.59 bits per heavy atom. The summed E-state index contributed by atoms with van der Waals surface area (Å²) in [5, 5.41) is 22.2. The van der Waals surface area contributed by atoms with E-state index in [0.29, 0.717) is 11.7 Å². The number of amidine groups is 1. The number of carbonyl (C=O) groups excluding carboxylic acids is 1. The molecule has 3 unspecified atom stereocenters. The number of aromatic nitrogens is 4. The summed E-state index contributed by atoms with van der Waals surface area (Å²) in [6.45, 7) is 0. The molecular formula is C28H33N9O2. The maximum absolute atomic E-state index is 13.0. The van der Waals surface area contributed by atoms with Crippen LogP contribution in [0.1, 0.15) is 91.8 Å². The van der Waals surface area contributed by atoms with Gasteiger partial charge in [0.2, 0.25) is 0 Å². The highest BCUT2D eigenvalue weighted by Crippen LogP contribution is 2.50. The van der Waals surface area contributed by atoms with Crippen molar-refractivity contribution in [3.63, 3.8) is 0 Å². The molecule has 1 amide bonds. The van der Waals surface area contributed by atoms with Gasteiger partial charge in [0.1, 0.15) is 12.2 Å². The zero-order valence-electron chi connectivity index (χ0n) is 21.8. The van der Waals surface area contributed by atoms with E-state index < -0.39 is 6.10 Å². The molecule has 11 heteroatoms. The first-order valence-electron chi connectivity index (χ1n) is 13.9. The van der Waals surface area contributed by atoms with Gasteiger partial charge in [0.05, 0.1) is 23.7 Å². The van der Waals surface area contributed by atoms with Gasteiger partial charge in [-0.05, 0) is 75.3 Å². The number of nitrogens with two attached hydrogens (primary N) is 2. The van der Waals surface area contributed by atoms with Gasteiger partial charge in [0.25, 0.3) is 5.91 Å². The Morgan fingerprint density at radius 2 is 1.87 bits per heavy atom. The largest absolute Gasteiger partial charge is 0.387 e. The summed E-state index contributed by atoms with van der Waals surface area (Å²) < 4.78 is 1.77. The minimum atomic E-state index is -0.506. The minimum absolute atomic E-state index is 0.0627. The van der Waals surface area contributed by atoms with Crippen LogP contribution in [0.15, 0.2) is 23.5 Å². The molecule has 2 aliphatic carbocycles. The molecular weight excluding hydrogens is 494 g/mol. The van der Waals surface area contributed by atoms with Crippen LogP contribution >= 0.6 is 0 Å². The summed E-state index contributed by atoms with van der Waals surface area (Å²) in [7, 11) is 0. The van der Waals surface area contributed by atoms with Crippen LogP contribution in [-0.2, 0) is 11.2 Å². The molecule has 4 aliphatic rings. The third kappa shape index (κ3) is 3.90. The molecule has 6 N–H and O–H groups in total. The van der Waals surface area contributed by atoms with E-state index in [4.69, 9.17) is 21.9 Å². The van der Waals surface area contributed by atoms with Gasteiger partial charge in [-0.1, -0.05) is 0 Å². The number of amides is 1. The summed E-state index contributed by atoms with van der Waals surface area (Å²) in [6, 6.07) is 2.24. The van der Waals surface area contributed by atoms with Gasteiger partial charge in [-0.15, -0.1) is 0 Å². The SMILES string of the molecule is N=CN=C(N)C(=O)N1C2CCC1CC(c1nc3c(-c4cnc5c(c4)CCCC5O)cnn3c(N)c1C1CC1)C2. The Labute approximate surface area is 225 Å². The lowest BCUT2D eigenvalue weighted by Crippen LogP contribution is -2.50. The summed E-state index contributed by atoms with van der Waals surface area (Å²) in [6.07, 6.45) is 12.1. The number of pyridine rings is 1. The molecule has 1 saturated carbocycles. The Kier molecular flexibility index (Phi) is 5.66. The van der Waals surface area contributed by atoms with Crippen molar-refractivity contribution >= 4 is 29.5 Å². The number of nitrogen functional groups attached to an aromatic ring is 1. The number of aryl methyl sites for hydroxylation is 1. The Bertz CT molecular complexity index is 1510. The van der Waals surface area contributed by atoms with Gasteiger partial charge in [0, 0.05) is 40.9 Å². The first kappa shape index (κ1) is 24.2. The second-order valence-electron chi connectivity index (χ2n) is 11.4. The summed E-state index contributed by atoms with van der Waals surface area (Å²) in [4.78, 5) is 28.5. The molecule has 5 heterocycles. The third-order valence-corrected chi connectivity index (χ3v) is 9.06. The van der Waals surface area contributed by atoms with E-state index in [1.807, 2.05) is 11.1 Å². The number of aliphatic hydroxyl groups excluding tert-OH is 1. The molecule has 3 aromatic heterocycles. The lowest BCUT2D eigenvalue weighted by molar-refractivity contribution is -0.128. The van der Waals surface area contributed by atoms with Crippen LogP contribution in [0.3, 0.4) is 0 Å². The van der Waals surface area contributed by atoms with Gasteiger partial charge in [-0.2, -0.15) is 9.61 Å². The van der Waals surface area contributed by atoms with E-state index in [9.17, 15) is 9.90 Å². The summed E-state index contributed by atoms with van der Waals surface area (Å²) >= 11 is 0. The second-order valence-corrected chi connectivity index (χ2v) is 11.4. The molecule has 2 aliphatic heterocycles. The van der Waals surface area contributed by atoms with E-state index in [0.717, 1.165) is 103 Å². The molecule has 0 radical (unpaired) electrons. The number of hydrogen-bond acceptors (Lipinski definition) is 7. The quantitative estimate of drug-likeness (QED) is 0.298. The molecule has 2 saturated heterocycles. The fourth-order valence-electron chi connectivity index (χ4n) is 7.13. The number of nitrogens with one attached hydrogen (secondary N) is 1. The maximum Gasteiger partial charge on any atom is 0.289 e.